The Morgan fingerprint density at radius 3 is 2.80 bits per heavy atom. The molecule has 0 bridgehead atoms. The number of fused-ring (bicyclic) bond motifs is 6. The molecule has 0 aliphatic heterocycles. The molecule has 0 spiro atoms. The Labute approximate surface area is 140 Å². The second-order valence-corrected chi connectivity index (χ2v) is 5.84. The van der Waals surface area contributed by atoms with E-state index in [1.165, 1.54) is 12.1 Å². The molecule has 3 heterocycles. The van der Waals surface area contributed by atoms with Crippen LogP contribution >= 0.6 is 0 Å². The lowest BCUT2D eigenvalue weighted by atomic mass is 10.0. The van der Waals surface area contributed by atoms with Crippen LogP contribution in [0.1, 0.15) is 0 Å². The third kappa shape index (κ3) is 1.97. The van der Waals surface area contributed by atoms with Gasteiger partial charge in [0.1, 0.15) is 11.6 Å². The highest BCUT2D eigenvalue weighted by atomic mass is 19.1. The molecule has 5 rings (SSSR count). The van der Waals surface area contributed by atoms with E-state index in [9.17, 15) is 9.18 Å². The molecule has 0 unspecified atom stereocenters. The van der Waals surface area contributed by atoms with Crippen molar-refractivity contribution >= 4 is 32.6 Å². The van der Waals surface area contributed by atoms with Crippen molar-refractivity contribution in [2.45, 2.75) is 0 Å². The normalized spacial score (nSPS) is 11.6. The summed E-state index contributed by atoms with van der Waals surface area (Å²) in [5.74, 6) is 0.265. The smallest absolute Gasteiger partial charge is 0.256 e. The van der Waals surface area contributed by atoms with Gasteiger partial charge in [-0.1, -0.05) is 0 Å². The molecule has 0 saturated heterocycles. The summed E-state index contributed by atoms with van der Waals surface area (Å²) in [6, 6.07) is 9.95. The molecular weight excluding hydrogens is 319 g/mol. The number of hydrogen-bond donors (Lipinski definition) is 2. The molecule has 0 saturated carbocycles. The van der Waals surface area contributed by atoms with Crippen LogP contribution in [0.15, 0.2) is 59.8 Å². The SMILES string of the molecule is O=c1[nH]ccc2c3[nH]c(-c4cccnc4)nc3c3ccc(F)cc3c12. The lowest BCUT2D eigenvalue weighted by Crippen LogP contribution is -2.05. The van der Waals surface area contributed by atoms with Crippen LogP contribution in [-0.2, 0) is 0 Å². The van der Waals surface area contributed by atoms with E-state index in [1.807, 2.05) is 12.1 Å². The van der Waals surface area contributed by atoms with Gasteiger partial charge in [-0.2, -0.15) is 0 Å². The molecule has 2 N–H and O–H groups in total. The van der Waals surface area contributed by atoms with Crippen LogP contribution < -0.4 is 5.56 Å². The van der Waals surface area contributed by atoms with Crippen LogP contribution in [0.25, 0.3) is 44.0 Å². The standard InChI is InChI=1S/C19H11FN4O/c20-11-3-4-12-14(8-11)15-13(5-7-22-19(15)25)17-16(12)23-18(24-17)10-2-1-6-21-9-10/h1-9H,(H,22,25)(H,23,24). The first-order chi connectivity index (χ1) is 12.2. The van der Waals surface area contributed by atoms with Gasteiger partial charge in [0.05, 0.1) is 16.4 Å². The monoisotopic (exact) mass is 330 g/mol. The molecular formula is C19H11FN4O. The Bertz CT molecular complexity index is 1320. The van der Waals surface area contributed by atoms with Gasteiger partial charge in [-0.15, -0.1) is 0 Å². The fourth-order valence-corrected chi connectivity index (χ4v) is 3.29. The van der Waals surface area contributed by atoms with E-state index in [-0.39, 0.29) is 11.4 Å². The molecule has 2 aromatic carbocycles. The van der Waals surface area contributed by atoms with Crippen molar-refractivity contribution in [3.63, 3.8) is 0 Å². The summed E-state index contributed by atoms with van der Waals surface area (Å²) in [5, 5.41) is 2.44. The zero-order valence-corrected chi connectivity index (χ0v) is 12.9. The van der Waals surface area contributed by atoms with Crippen molar-refractivity contribution in [1.82, 2.24) is 19.9 Å². The predicted octanol–water partition coefficient (Wildman–Crippen LogP) is 3.76. The molecule has 5 aromatic rings. The number of rotatable bonds is 1. The van der Waals surface area contributed by atoms with Crippen LogP contribution in [0.4, 0.5) is 4.39 Å². The Morgan fingerprint density at radius 2 is 1.96 bits per heavy atom. The third-order valence-corrected chi connectivity index (χ3v) is 4.38. The molecule has 0 fully saturated rings. The number of aromatic nitrogens is 4. The van der Waals surface area contributed by atoms with Crippen molar-refractivity contribution in [2.24, 2.45) is 0 Å². The van der Waals surface area contributed by atoms with E-state index < -0.39 is 0 Å². The quantitative estimate of drug-likeness (QED) is 0.460. The molecule has 120 valence electrons. The summed E-state index contributed by atoms with van der Waals surface area (Å²) < 4.78 is 13.8. The molecule has 0 aliphatic rings. The molecule has 3 aromatic heterocycles. The number of aromatic amines is 2. The fraction of sp³-hybridized carbons (Fsp3) is 0. The third-order valence-electron chi connectivity index (χ3n) is 4.38. The number of pyridine rings is 2. The fourth-order valence-electron chi connectivity index (χ4n) is 3.29. The highest BCUT2D eigenvalue weighted by molar-refractivity contribution is 6.23. The average molecular weight is 330 g/mol. The van der Waals surface area contributed by atoms with Gasteiger partial charge in [-0.25, -0.2) is 9.37 Å². The lowest BCUT2D eigenvalue weighted by Gasteiger charge is -2.05. The highest BCUT2D eigenvalue weighted by Gasteiger charge is 2.16. The van der Waals surface area contributed by atoms with Crippen molar-refractivity contribution in [3.05, 3.63) is 71.2 Å². The van der Waals surface area contributed by atoms with Gasteiger partial charge in [-0.3, -0.25) is 9.78 Å². The number of imidazole rings is 1. The van der Waals surface area contributed by atoms with Gasteiger partial charge in [-0.05, 0) is 36.4 Å². The molecule has 25 heavy (non-hydrogen) atoms. The summed E-state index contributed by atoms with van der Waals surface area (Å²) in [7, 11) is 0. The van der Waals surface area contributed by atoms with Gasteiger partial charge in [0.25, 0.3) is 5.56 Å². The minimum Gasteiger partial charge on any atom is -0.337 e. The molecule has 0 aliphatic carbocycles. The maximum Gasteiger partial charge on any atom is 0.256 e. The number of H-pyrrole nitrogens is 2. The van der Waals surface area contributed by atoms with Crippen LogP contribution in [0.5, 0.6) is 0 Å². The topological polar surface area (TPSA) is 74.4 Å². The zero-order chi connectivity index (χ0) is 17.0. The Kier molecular flexibility index (Phi) is 2.76. The average Bonchev–Trinajstić information content (AvgIpc) is 3.08. The summed E-state index contributed by atoms with van der Waals surface area (Å²) in [4.78, 5) is 27.2. The van der Waals surface area contributed by atoms with Crippen LogP contribution in [0.3, 0.4) is 0 Å². The second kappa shape index (κ2) is 4.98. The Morgan fingerprint density at radius 1 is 1.04 bits per heavy atom. The van der Waals surface area contributed by atoms with Gasteiger partial charge < -0.3 is 9.97 Å². The summed E-state index contributed by atoms with van der Waals surface area (Å²) in [6.07, 6.45) is 4.99. The minimum absolute atomic E-state index is 0.257. The lowest BCUT2D eigenvalue weighted by molar-refractivity contribution is 0.630. The van der Waals surface area contributed by atoms with E-state index >= 15 is 0 Å². The second-order valence-electron chi connectivity index (χ2n) is 5.84. The highest BCUT2D eigenvalue weighted by Crippen LogP contribution is 2.33. The van der Waals surface area contributed by atoms with E-state index in [2.05, 4.69) is 15.0 Å². The van der Waals surface area contributed by atoms with Crippen molar-refractivity contribution < 1.29 is 4.39 Å². The molecule has 0 atom stereocenters. The molecule has 5 nitrogen and oxygen atoms in total. The molecule has 0 radical (unpaired) electrons. The van der Waals surface area contributed by atoms with Gasteiger partial charge in [0.2, 0.25) is 0 Å². The zero-order valence-electron chi connectivity index (χ0n) is 12.9. The first-order valence-electron chi connectivity index (χ1n) is 7.75. The maximum absolute atomic E-state index is 13.8. The van der Waals surface area contributed by atoms with Crippen molar-refractivity contribution in [3.8, 4) is 11.4 Å². The van der Waals surface area contributed by atoms with E-state index in [0.717, 1.165) is 16.5 Å². The number of halogens is 1. The van der Waals surface area contributed by atoms with E-state index in [4.69, 9.17) is 4.98 Å². The number of hydrogen-bond acceptors (Lipinski definition) is 3. The van der Waals surface area contributed by atoms with Gasteiger partial charge in [0, 0.05) is 40.3 Å². The first kappa shape index (κ1) is 13.9. The Hall–Kier alpha value is -3.54. The number of nitrogens with one attached hydrogen (secondary N) is 2. The van der Waals surface area contributed by atoms with Gasteiger partial charge in [0.15, 0.2) is 0 Å². The molecule has 6 heteroatoms. The van der Waals surface area contributed by atoms with Crippen LogP contribution in [-0.4, -0.2) is 19.9 Å². The van der Waals surface area contributed by atoms with Crippen molar-refractivity contribution in [1.29, 1.82) is 0 Å². The van der Waals surface area contributed by atoms with Gasteiger partial charge >= 0.3 is 0 Å². The van der Waals surface area contributed by atoms with E-state index in [1.54, 1.807) is 30.7 Å². The summed E-state index contributed by atoms with van der Waals surface area (Å²) in [5.41, 5.74) is 2.03. The van der Waals surface area contributed by atoms with Crippen molar-refractivity contribution in [2.75, 3.05) is 0 Å². The predicted molar refractivity (Wildman–Crippen MR) is 94.9 cm³/mol. The molecule has 0 amide bonds. The number of benzene rings is 2. The largest absolute Gasteiger partial charge is 0.337 e. The van der Waals surface area contributed by atoms with Crippen LogP contribution in [0.2, 0.25) is 0 Å². The summed E-state index contributed by atoms with van der Waals surface area (Å²) >= 11 is 0. The summed E-state index contributed by atoms with van der Waals surface area (Å²) in [6.45, 7) is 0. The Balaban J connectivity index is 2.03. The maximum atomic E-state index is 13.8. The number of nitrogens with zero attached hydrogens (tertiary/aromatic N) is 2. The minimum atomic E-state index is -0.389. The van der Waals surface area contributed by atoms with Crippen LogP contribution in [0, 0.1) is 5.82 Å². The van der Waals surface area contributed by atoms with E-state index in [0.29, 0.717) is 27.5 Å². The first-order valence-corrected chi connectivity index (χ1v) is 7.75.